The van der Waals surface area contributed by atoms with Gasteiger partial charge in [0.25, 0.3) is 0 Å². The molecule has 1 aromatic heterocycles. The summed E-state index contributed by atoms with van der Waals surface area (Å²) in [5.41, 5.74) is 3.37. The molecule has 3 rings (SSSR count). The predicted octanol–water partition coefficient (Wildman–Crippen LogP) is 4.61. The third kappa shape index (κ3) is 1.87. The first kappa shape index (κ1) is 10.2. The highest BCUT2D eigenvalue weighted by Crippen LogP contribution is 2.29. The Morgan fingerprint density at radius 2 is 1.76 bits per heavy atom. The summed E-state index contributed by atoms with van der Waals surface area (Å²) in [5, 5.41) is 1.07. The van der Waals surface area contributed by atoms with Gasteiger partial charge in [0.2, 0.25) is 0 Å². The molecule has 0 aliphatic rings. The molecule has 0 N–H and O–H groups in total. The lowest BCUT2D eigenvalue weighted by molar-refractivity contribution is 1.47. The summed E-state index contributed by atoms with van der Waals surface area (Å²) in [5.74, 6) is 0. The number of hydrogen-bond acceptors (Lipinski definition) is 2. The number of thiazole rings is 1. The van der Waals surface area contributed by atoms with Crippen LogP contribution in [0.4, 0.5) is 0 Å². The number of rotatable bonds is 2. The first-order chi connectivity index (χ1) is 8.36. The van der Waals surface area contributed by atoms with Gasteiger partial charge in [-0.1, -0.05) is 49.1 Å². The normalized spacial score (nSPS) is 10.6. The first-order valence-electron chi connectivity index (χ1n) is 5.45. The van der Waals surface area contributed by atoms with E-state index in [1.807, 2.05) is 24.3 Å². The van der Waals surface area contributed by atoms with Crippen molar-refractivity contribution in [3.05, 3.63) is 60.7 Å². The minimum atomic E-state index is 1.07. The third-order valence-corrected chi connectivity index (χ3v) is 3.77. The summed E-state index contributed by atoms with van der Waals surface area (Å²) >= 11 is 1.73. The molecule has 0 radical (unpaired) electrons. The van der Waals surface area contributed by atoms with Gasteiger partial charge in [-0.2, -0.15) is 0 Å². The maximum absolute atomic E-state index is 4.63. The van der Waals surface area contributed by atoms with Crippen molar-refractivity contribution in [2.45, 2.75) is 0 Å². The summed E-state index contributed by atoms with van der Waals surface area (Å²) in [4.78, 5) is 4.63. The highest BCUT2D eigenvalue weighted by atomic mass is 32.1. The number of nitrogens with zero attached hydrogens (tertiary/aromatic N) is 1. The van der Waals surface area contributed by atoms with Crippen molar-refractivity contribution in [2.24, 2.45) is 0 Å². The van der Waals surface area contributed by atoms with Gasteiger partial charge >= 0.3 is 0 Å². The van der Waals surface area contributed by atoms with E-state index in [1.165, 1.54) is 4.70 Å². The fourth-order valence-electron chi connectivity index (χ4n) is 1.76. The van der Waals surface area contributed by atoms with Gasteiger partial charge in [-0.25, -0.2) is 4.98 Å². The van der Waals surface area contributed by atoms with E-state index < -0.39 is 0 Å². The monoisotopic (exact) mass is 237 g/mol. The van der Waals surface area contributed by atoms with Gasteiger partial charge in [-0.15, -0.1) is 11.3 Å². The van der Waals surface area contributed by atoms with Crippen molar-refractivity contribution in [3.63, 3.8) is 0 Å². The standard InChI is InChI=1S/C15H11NS/c1-2-11-7-9-12(10-8-11)15-16-13-5-3-4-6-14(13)17-15/h2-10H,1H2. The Labute approximate surface area is 104 Å². The Bertz CT molecular complexity index is 632. The van der Waals surface area contributed by atoms with E-state index in [0.717, 1.165) is 21.7 Å². The zero-order chi connectivity index (χ0) is 11.7. The van der Waals surface area contributed by atoms with Gasteiger partial charge in [0.15, 0.2) is 0 Å². The van der Waals surface area contributed by atoms with Gasteiger partial charge in [-0.3, -0.25) is 0 Å². The fourth-order valence-corrected chi connectivity index (χ4v) is 2.73. The van der Waals surface area contributed by atoms with E-state index in [0.29, 0.717) is 0 Å². The summed E-state index contributed by atoms with van der Waals surface area (Å²) in [6.45, 7) is 3.76. The summed E-state index contributed by atoms with van der Waals surface area (Å²) < 4.78 is 1.23. The van der Waals surface area contributed by atoms with Crippen LogP contribution in [0.5, 0.6) is 0 Å². The maximum atomic E-state index is 4.63. The molecular formula is C15H11NS. The molecule has 1 nitrogen and oxygen atoms in total. The van der Waals surface area contributed by atoms with E-state index in [9.17, 15) is 0 Å². The van der Waals surface area contributed by atoms with Crippen molar-refractivity contribution < 1.29 is 0 Å². The highest BCUT2D eigenvalue weighted by molar-refractivity contribution is 7.21. The second kappa shape index (κ2) is 4.15. The van der Waals surface area contributed by atoms with E-state index in [1.54, 1.807) is 11.3 Å². The SMILES string of the molecule is C=Cc1ccc(-c2nc3ccccc3s2)cc1. The second-order valence-electron chi connectivity index (χ2n) is 3.81. The molecule has 0 unspecified atom stereocenters. The van der Waals surface area contributed by atoms with Crippen LogP contribution in [0, 0.1) is 0 Å². The Balaban J connectivity index is 2.10. The first-order valence-corrected chi connectivity index (χ1v) is 6.27. The Morgan fingerprint density at radius 1 is 1.00 bits per heavy atom. The molecule has 0 aliphatic heterocycles. The van der Waals surface area contributed by atoms with Crippen LogP contribution in [0.15, 0.2) is 55.1 Å². The Hall–Kier alpha value is -1.93. The third-order valence-electron chi connectivity index (χ3n) is 2.69. The minimum Gasteiger partial charge on any atom is -0.236 e. The Kier molecular flexibility index (Phi) is 2.50. The minimum absolute atomic E-state index is 1.07. The van der Waals surface area contributed by atoms with Crippen molar-refractivity contribution in [1.29, 1.82) is 0 Å². The number of hydrogen-bond donors (Lipinski definition) is 0. The topological polar surface area (TPSA) is 12.9 Å². The maximum Gasteiger partial charge on any atom is 0.124 e. The van der Waals surface area contributed by atoms with Crippen LogP contribution in [0.1, 0.15) is 5.56 Å². The van der Waals surface area contributed by atoms with Gasteiger partial charge in [0.05, 0.1) is 10.2 Å². The van der Waals surface area contributed by atoms with Crippen LogP contribution in [0.3, 0.4) is 0 Å². The van der Waals surface area contributed by atoms with Gasteiger partial charge in [0.1, 0.15) is 5.01 Å². The number of para-hydroxylation sites is 1. The number of fused-ring (bicyclic) bond motifs is 1. The van der Waals surface area contributed by atoms with Crippen molar-refractivity contribution in [2.75, 3.05) is 0 Å². The van der Waals surface area contributed by atoms with Gasteiger partial charge < -0.3 is 0 Å². The summed E-state index contributed by atoms with van der Waals surface area (Å²) in [6.07, 6.45) is 1.85. The lowest BCUT2D eigenvalue weighted by Gasteiger charge is -1.96. The number of benzene rings is 2. The highest BCUT2D eigenvalue weighted by Gasteiger charge is 2.04. The largest absolute Gasteiger partial charge is 0.236 e. The van der Waals surface area contributed by atoms with Crippen LogP contribution in [0.25, 0.3) is 26.9 Å². The molecule has 0 spiro atoms. The molecule has 1 heterocycles. The summed E-state index contributed by atoms with van der Waals surface area (Å²) in [7, 11) is 0. The molecular weight excluding hydrogens is 226 g/mol. The van der Waals surface area contributed by atoms with Crippen molar-refractivity contribution in [3.8, 4) is 10.6 Å². The van der Waals surface area contributed by atoms with E-state index in [2.05, 4.69) is 41.9 Å². The van der Waals surface area contributed by atoms with Crippen molar-refractivity contribution >= 4 is 27.6 Å². The van der Waals surface area contributed by atoms with Crippen LogP contribution in [0.2, 0.25) is 0 Å². The number of aromatic nitrogens is 1. The Morgan fingerprint density at radius 3 is 2.47 bits per heavy atom. The summed E-state index contributed by atoms with van der Waals surface area (Å²) in [6, 6.07) is 16.5. The van der Waals surface area contributed by atoms with E-state index in [-0.39, 0.29) is 0 Å². The molecule has 17 heavy (non-hydrogen) atoms. The van der Waals surface area contributed by atoms with E-state index in [4.69, 9.17) is 0 Å². The molecule has 0 bridgehead atoms. The lowest BCUT2D eigenvalue weighted by Crippen LogP contribution is -1.76. The second-order valence-corrected chi connectivity index (χ2v) is 4.84. The molecule has 2 aromatic carbocycles. The van der Waals surface area contributed by atoms with Gasteiger partial charge in [-0.05, 0) is 17.7 Å². The van der Waals surface area contributed by atoms with Gasteiger partial charge in [0, 0.05) is 5.56 Å². The molecule has 0 amide bonds. The zero-order valence-corrected chi connectivity index (χ0v) is 10.1. The molecule has 0 saturated carbocycles. The average molecular weight is 237 g/mol. The molecule has 0 saturated heterocycles. The zero-order valence-electron chi connectivity index (χ0n) is 9.26. The molecule has 0 aliphatic carbocycles. The van der Waals surface area contributed by atoms with Crippen LogP contribution in [-0.4, -0.2) is 4.98 Å². The molecule has 0 fully saturated rings. The quantitative estimate of drug-likeness (QED) is 0.634. The molecule has 0 atom stereocenters. The van der Waals surface area contributed by atoms with E-state index >= 15 is 0 Å². The molecule has 82 valence electrons. The fraction of sp³-hybridized carbons (Fsp3) is 0. The van der Waals surface area contributed by atoms with Crippen LogP contribution < -0.4 is 0 Å². The predicted molar refractivity (Wildman–Crippen MR) is 75.1 cm³/mol. The molecule has 3 aromatic rings. The van der Waals surface area contributed by atoms with Crippen LogP contribution in [-0.2, 0) is 0 Å². The lowest BCUT2D eigenvalue weighted by atomic mass is 10.1. The van der Waals surface area contributed by atoms with Crippen LogP contribution >= 0.6 is 11.3 Å². The van der Waals surface area contributed by atoms with Crippen molar-refractivity contribution in [1.82, 2.24) is 4.98 Å². The smallest absolute Gasteiger partial charge is 0.124 e. The average Bonchev–Trinajstić information content (AvgIpc) is 2.82. The molecule has 2 heteroatoms.